The van der Waals surface area contributed by atoms with Crippen LogP contribution in [0.1, 0.15) is 52.4 Å². The fraction of sp³-hybridized carbons (Fsp3) is 0.789. The van der Waals surface area contributed by atoms with Crippen LogP contribution in [0.15, 0.2) is 12.2 Å². The number of hydrogen-bond acceptors (Lipinski definition) is 2. The van der Waals surface area contributed by atoms with Crippen molar-refractivity contribution in [1.29, 1.82) is 0 Å². The summed E-state index contributed by atoms with van der Waals surface area (Å²) in [7, 11) is 0. The molecule has 0 spiro atoms. The van der Waals surface area contributed by atoms with Gasteiger partial charge in [-0.15, -0.1) is 0 Å². The first kappa shape index (κ1) is 15.7. The van der Waals surface area contributed by atoms with Gasteiger partial charge in [-0.2, -0.15) is 0 Å². The maximum Gasteiger partial charge on any atom is 0.243 e. The van der Waals surface area contributed by atoms with Crippen molar-refractivity contribution < 1.29 is 9.59 Å². The van der Waals surface area contributed by atoms with E-state index in [0.717, 1.165) is 32.1 Å². The zero-order valence-corrected chi connectivity index (χ0v) is 14.7. The summed E-state index contributed by atoms with van der Waals surface area (Å²) in [6, 6.07) is 0.275. The second-order valence-corrected chi connectivity index (χ2v) is 9.07. The molecule has 0 aromatic rings. The second-order valence-electron chi connectivity index (χ2n) is 8.69. The van der Waals surface area contributed by atoms with Crippen LogP contribution in [0.3, 0.4) is 0 Å². The molecule has 126 valence electrons. The van der Waals surface area contributed by atoms with Crippen molar-refractivity contribution >= 4 is 22.8 Å². The van der Waals surface area contributed by atoms with Gasteiger partial charge < -0.3 is 5.32 Å². The van der Waals surface area contributed by atoms with Gasteiger partial charge in [0.25, 0.3) is 0 Å². The average molecular weight is 336 g/mol. The summed E-state index contributed by atoms with van der Waals surface area (Å²) in [5.41, 5.74) is 0.159. The third kappa shape index (κ3) is 2.08. The van der Waals surface area contributed by atoms with E-state index in [-0.39, 0.29) is 33.9 Å². The molecule has 23 heavy (non-hydrogen) atoms. The van der Waals surface area contributed by atoms with E-state index >= 15 is 0 Å². The van der Waals surface area contributed by atoms with Crippen LogP contribution in [0.5, 0.6) is 0 Å². The van der Waals surface area contributed by atoms with Gasteiger partial charge in [0, 0.05) is 17.4 Å². The lowest BCUT2D eigenvalue weighted by atomic mass is 9.48. The maximum absolute atomic E-state index is 11.9. The molecule has 0 bridgehead atoms. The molecule has 4 rings (SSSR count). The monoisotopic (exact) mass is 335 g/mol. The van der Waals surface area contributed by atoms with Crippen LogP contribution < -0.4 is 5.32 Å². The van der Waals surface area contributed by atoms with Crippen LogP contribution in [-0.4, -0.2) is 17.2 Å². The third-order valence-corrected chi connectivity index (χ3v) is 8.22. The topological polar surface area (TPSA) is 46.2 Å². The fourth-order valence-corrected chi connectivity index (χ4v) is 7.06. The van der Waals surface area contributed by atoms with Gasteiger partial charge in [0.2, 0.25) is 11.1 Å². The third-order valence-electron chi connectivity index (χ3n) is 7.96. The number of hydrogen-bond donors (Lipinski definition) is 1. The number of halogens is 1. The van der Waals surface area contributed by atoms with Gasteiger partial charge in [-0.05, 0) is 79.4 Å². The van der Waals surface area contributed by atoms with E-state index in [9.17, 15) is 9.59 Å². The molecular weight excluding hydrogens is 310 g/mol. The Hall–Kier alpha value is -0.830. The summed E-state index contributed by atoms with van der Waals surface area (Å²) in [5, 5.41) is 3.06. The number of amides is 1. The van der Waals surface area contributed by atoms with Gasteiger partial charge in [-0.1, -0.05) is 19.9 Å². The molecule has 0 radical (unpaired) electrons. The van der Waals surface area contributed by atoms with Crippen molar-refractivity contribution in [3.05, 3.63) is 12.2 Å². The molecule has 3 aliphatic carbocycles. The Labute approximate surface area is 143 Å². The standard InChI is InChI=1S/C19H26ClNO2/c1-18-9-7-13-11(12(18)4-5-14(18)17(20)23)3-6-15-19(13,2)10-8-16(22)21-15/h8,10-15H,3-7,9H2,1-2H3,(H,21,22)/t11-,12-,13+,14?,15?,18-,19+/m0/s1. The van der Waals surface area contributed by atoms with Crippen LogP contribution in [-0.2, 0) is 9.59 Å². The molecule has 1 heterocycles. The summed E-state index contributed by atoms with van der Waals surface area (Å²) in [6.07, 6.45) is 10.5. The molecule has 3 saturated carbocycles. The van der Waals surface area contributed by atoms with Crippen LogP contribution in [0.2, 0.25) is 0 Å². The van der Waals surface area contributed by atoms with Crippen molar-refractivity contribution in [3.8, 4) is 0 Å². The van der Waals surface area contributed by atoms with E-state index in [1.54, 1.807) is 6.08 Å². The van der Waals surface area contributed by atoms with E-state index in [0.29, 0.717) is 17.8 Å². The molecule has 0 saturated heterocycles. The molecule has 1 aliphatic heterocycles. The minimum atomic E-state index is -0.127. The number of carbonyl (C=O) groups excluding carboxylic acids is 2. The predicted molar refractivity (Wildman–Crippen MR) is 89.8 cm³/mol. The second kappa shape index (κ2) is 5.08. The molecular formula is C19H26ClNO2. The van der Waals surface area contributed by atoms with Gasteiger partial charge in [-0.25, -0.2) is 0 Å². The lowest BCUT2D eigenvalue weighted by Crippen LogP contribution is -2.59. The van der Waals surface area contributed by atoms with Gasteiger partial charge in [-0.3, -0.25) is 9.59 Å². The van der Waals surface area contributed by atoms with Gasteiger partial charge in [0.15, 0.2) is 0 Å². The Morgan fingerprint density at radius 3 is 2.70 bits per heavy atom. The van der Waals surface area contributed by atoms with Crippen molar-refractivity contribution in [2.75, 3.05) is 0 Å². The van der Waals surface area contributed by atoms with Crippen LogP contribution in [0, 0.1) is 34.5 Å². The lowest BCUT2D eigenvalue weighted by Gasteiger charge is -2.58. The Morgan fingerprint density at radius 2 is 1.96 bits per heavy atom. The quantitative estimate of drug-likeness (QED) is 0.743. The Morgan fingerprint density at radius 1 is 1.17 bits per heavy atom. The highest BCUT2D eigenvalue weighted by Crippen LogP contribution is 2.65. The summed E-state index contributed by atoms with van der Waals surface area (Å²) in [5.74, 6) is 1.98. The van der Waals surface area contributed by atoms with Crippen molar-refractivity contribution in [2.24, 2.45) is 34.5 Å². The molecule has 0 aromatic heterocycles. The average Bonchev–Trinajstić information content (AvgIpc) is 2.85. The van der Waals surface area contributed by atoms with E-state index in [1.807, 2.05) is 0 Å². The van der Waals surface area contributed by atoms with Crippen molar-refractivity contribution in [2.45, 2.75) is 58.4 Å². The Kier molecular flexibility index (Phi) is 3.46. The molecule has 4 heteroatoms. The first-order chi connectivity index (χ1) is 10.9. The van der Waals surface area contributed by atoms with E-state index in [1.165, 1.54) is 6.42 Å². The van der Waals surface area contributed by atoms with Gasteiger partial charge >= 0.3 is 0 Å². The molecule has 1 amide bonds. The first-order valence-electron chi connectivity index (χ1n) is 9.05. The molecule has 7 atom stereocenters. The Balaban J connectivity index is 1.66. The normalized spacial score (nSPS) is 51.4. The van der Waals surface area contributed by atoms with Gasteiger partial charge in [0.1, 0.15) is 0 Å². The zero-order chi connectivity index (χ0) is 16.4. The van der Waals surface area contributed by atoms with Crippen LogP contribution in [0.25, 0.3) is 0 Å². The molecule has 3 nitrogen and oxygen atoms in total. The van der Waals surface area contributed by atoms with E-state index < -0.39 is 0 Å². The van der Waals surface area contributed by atoms with Crippen LogP contribution >= 0.6 is 11.6 Å². The summed E-state index contributed by atoms with van der Waals surface area (Å²) >= 11 is 5.93. The first-order valence-corrected chi connectivity index (χ1v) is 9.43. The molecule has 3 fully saturated rings. The molecule has 1 N–H and O–H groups in total. The number of carbonyl (C=O) groups is 2. The highest BCUT2D eigenvalue weighted by molar-refractivity contribution is 6.64. The Bertz CT molecular complexity index is 588. The molecule has 4 aliphatic rings. The summed E-state index contributed by atoms with van der Waals surface area (Å²) < 4.78 is 0. The highest BCUT2D eigenvalue weighted by Gasteiger charge is 2.60. The minimum Gasteiger partial charge on any atom is -0.349 e. The van der Waals surface area contributed by atoms with Gasteiger partial charge in [0.05, 0.1) is 0 Å². The molecule has 2 unspecified atom stereocenters. The summed E-state index contributed by atoms with van der Waals surface area (Å²) in [4.78, 5) is 23.6. The van der Waals surface area contributed by atoms with Crippen LogP contribution in [0.4, 0.5) is 0 Å². The largest absolute Gasteiger partial charge is 0.349 e. The van der Waals surface area contributed by atoms with E-state index in [2.05, 4.69) is 25.2 Å². The summed E-state index contributed by atoms with van der Waals surface area (Å²) in [6.45, 7) is 4.63. The zero-order valence-electron chi connectivity index (χ0n) is 14.0. The molecule has 0 aromatic carbocycles. The number of nitrogens with one attached hydrogen (secondary N) is 1. The number of rotatable bonds is 1. The van der Waals surface area contributed by atoms with Crippen molar-refractivity contribution in [3.63, 3.8) is 0 Å². The predicted octanol–water partition coefficient (Wildman–Crippen LogP) is 3.67. The fourth-order valence-electron chi connectivity index (χ4n) is 6.71. The SMILES string of the molecule is C[C@]12C=CC(=O)NC1CC[C@@H]1[C@H]2CC[C@]2(C)C(C(=O)Cl)CC[C@@H]12. The minimum absolute atomic E-state index is 0.0437. The van der Waals surface area contributed by atoms with E-state index in [4.69, 9.17) is 11.6 Å². The lowest BCUT2D eigenvalue weighted by molar-refractivity contribution is -0.126. The smallest absolute Gasteiger partial charge is 0.243 e. The highest BCUT2D eigenvalue weighted by atomic mass is 35.5. The number of fused-ring (bicyclic) bond motifs is 5. The maximum atomic E-state index is 11.9. The van der Waals surface area contributed by atoms with Crippen molar-refractivity contribution in [1.82, 2.24) is 5.32 Å².